The van der Waals surface area contributed by atoms with Crippen molar-refractivity contribution in [2.24, 2.45) is 0 Å². The Hall–Kier alpha value is -0.390. The first kappa shape index (κ1) is 17.7. The van der Waals surface area contributed by atoms with E-state index >= 15 is 0 Å². The van der Waals surface area contributed by atoms with Gasteiger partial charge in [-0.1, -0.05) is 24.6 Å². The molecule has 1 aromatic rings. The summed E-state index contributed by atoms with van der Waals surface area (Å²) in [7, 11) is 0. The Morgan fingerprint density at radius 3 is 2.70 bits per heavy atom. The van der Waals surface area contributed by atoms with Crippen molar-refractivity contribution >= 4 is 23.4 Å². The molecule has 0 fully saturated rings. The summed E-state index contributed by atoms with van der Waals surface area (Å²) < 4.78 is 36.4. The highest BCUT2D eigenvalue weighted by atomic mass is 35.5. The van der Waals surface area contributed by atoms with Crippen LogP contribution >= 0.6 is 23.4 Å². The lowest BCUT2D eigenvalue weighted by molar-refractivity contribution is -0.135. The molecule has 1 nitrogen and oxygen atoms in total. The van der Waals surface area contributed by atoms with Crippen molar-refractivity contribution in [3.05, 3.63) is 29.3 Å². The summed E-state index contributed by atoms with van der Waals surface area (Å²) in [5, 5.41) is 3.91. The zero-order chi connectivity index (χ0) is 15.0. The molecule has 0 radical (unpaired) electrons. The first-order valence-corrected chi connectivity index (χ1v) is 7.95. The molecular weight excluding hydrogens is 307 g/mol. The number of alkyl halides is 3. The fraction of sp³-hybridized carbons (Fsp3) is 0.571. The van der Waals surface area contributed by atoms with Crippen molar-refractivity contribution < 1.29 is 13.2 Å². The van der Waals surface area contributed by atoms with Gasteiger partial charge in [0.25, 0.3) is 0 Å². The predicted molar refractivity (Wildman–Crippen MR) is 79.5 cm³/mol. The third kappa shape index (κ3) is 8.02. The van der Waals surface area contributed by atoms with E-state index in [4.69, 9.17) is 11.6 Å². The molecular formula is C14H19ClF3NS. The minimum atomic E-state index is -4.06. The molecule has 0 heterocycles. The summed E-state index contributed by atoms with van der Waals surface area (Å²) >= 11 is 7.51. The van der Waals surface area contributed by atoms with E-state index in [1.807, 2.05) is 25.1 Å². The lowest BCUT2D eigenvalue weighted by Gasteiger charge is -2.18. The van der Waals surface area contributed by atoms with Gasteiger partial charge < -0.3 is 5.32 Å². The first-order valence-electron chi connectivity index (χ1n) is 6.59. The number of halogens is 4. The Morgan fingerprint density at radius 2 is 2.10 bits per heavy atom. The largest absolute Gasteiger partial charge is 0.389 e. The Morgan fingerprint density at radius 1 is 1.35 bits per heavy atom. The van der Waals surface area contributed by atoms with E-state index in [1.54, 1.807) is 17.8 Å². The summed E-state index contributed by atoms with van der Waals surface area (Å²) in [5.41, 5.74) is 0. The van der Waals surface area contributed by atoms with Gasteiger partial charge in [-0.2, -0.15) is 13.2 Å². The minimum Gasteiger partial charge on any atom is -0.313 e. The molecule has 1 N–H and O–H groups in total. The molecule has 20 heavy (non-hydrogen) atoms. The van der Waals surface area contributed by atoms with Crippen LogP contribution in [0.15, 0.2) is 29.2 Å². The summed E-state index contributed by atoms with van der Waals surface area (Å²) in [5.74, 6) is 0.742. The Bertz CT molecular complexity index is 398. The van der Waals surface area contributed by atoms with E-state index in [2.05, 4.69) is 5.32 Å². The van der Waals surface area contributed by atoms with Gasteiger partial charge in [0, 0.05) is 28.1 Å². The van der Waals surface area contributed by atoms with E-state index in [9.17, 15) is 13.2 Å². The van der Waals surface area contributed by atoms with Gasteiger partial charge >= 0.3 is 6.18 Å². The maximum absolute atomic E-state index is 12.1. The Labute approximate surface area is 127 Å². The molecule has 0 aliphatic heterocycles. The van der Waals surface area contributed by atoms with Crippen molar-refractivity contribution in [3.8, 4) is 0 Å². The number of benzene rings is 1. The molecule has 0 saturated heterocycles. The lowest BCUT2D eigenvalue weighted by Crippen LogP contribution is -2.31. The predicted octanol–water partition coefficient (Wildman–Crippen LogP) is 5.14. The van der Waals surface area contributed by atoms with Gasteiger partial charge in [-0.25, -0.2) is 0 Å². The summed E-state index contributed by atoms with van der Waals surface area (Å²) in [4.78, 5) is 1.04. The Balaban J connectivity index is 2.38. The van der Waals surface area contributed by atoms with Gasteiger partial charge in [-0.3, -0.25) is 0 Å². The molecule has 114 valence electrons. The quantitative estimate of drug-likeness (QED) is 0.664. The number of hydrogen-bond acceptors (Lipinski definition) is 2. The highest BCUT2D eigenvalue weighted by molar-refractivity contribution is 7.99. The number of thioether (sulfide) groups is 1. The number of hydrogen-bond donors (Lipinski definition) is 1. The molecule has 1 atom stereocenters. The summed E-state index contributed by atoms with van der Waals surface area (Å²) in [6.45, 7) is 2.72. The van der Waals surface area contributed by atoms with Crippen LogP contribution in [0.25, 0.3) is 0 Å². The van der Waals surface area contributed by atoms with Crippen LogP contribution in [0.4, 0.5) is 13.2 Å². The van der Waals surface area contributed by atoms with Gasteiger partial charge in [-0.05, 0) is 37.6 Å². The van der Waals surface area contributed by atoms with Crippen LogP contribution in [0.2, 0.25) is 5.02 Å². The van der Waals surface area contributed by atoms with Crippen molar-refractivity contribution in [2.75, 3.05) is 12.3 Å². The number of rotatable bonds is 8. The fourth-order valence-corrected chi connectivity index (χ4v) is 3.15. The van der Waals surface area contributed by atoms with E-state index in [1.165, 1.54) is 0 Å². The highest BCUT2D eigenvalue weighted by Gasteiger charge is 2.26. The molecule has 0 bridgehead atoms. The molecule has 1 unspecified atom stereocenters. The van der Waals surface area contributed by atoms with Gasteiger partial charge in [0.05, 0.1) is 0 Å². The average molecular weight is 326 g/mol. The second kappa shape index (κ2) is 8.80. The molecule has 1 aromatic carbocycles. The van der Waals surface area contributed by atoms with Crippen LogP contribution in [0.3, 0.4) is 0 Å². The monoisotopic (exact) mass is 325 g/mol. The smallest absolute Gasteiger partial charge is 0.313 e. The third-order valence-corrected chi connectivity index (χ3v) is 4.14. The maximum atomic E-state index is 12.1. The second-order valence-electron chi connectivity index (χ2n) is 4.53. The van der Waals surface area contributed by atoms with Crippen LogP contribution in [-0.4, -0.2) is 24.5 Å². The first-order chi connectivity index (χ1) is 9.40. The summed E-state index contributed by atoms with van der Waals surface area (Å²) in [6, 6.07) is 7.58. The molecule has 1 rings (SSSR count). The molecule has 0 amide bonds. The van der Waals surface area contributed by atoms with Gasteiger partial charge in [-0.15, -0.1) is 11.8 Å². The van der Waals surface area contributed by atoms with Crippen molar-refractivity contribution in [3.63, 3.8) is 0 Å². The molecule has 0 saturated carbocycles. The standard InChI is InChI=1S/C14H19ClF3NS/c1-2-19-12(6-4-8-14(16,17)18)10-20-13-7-3-5-11(15)9-13/h3,5,7,9,12,19H,2,4,6,8,10H2,1H3. The zero-order valence-electron chi connectivity index (χ0n) is 11.3. The van der Waals surface area contributed by atoms with Crippen LogP contribution in [0.5, 0.6) is 0 Å². The molecule has 0 aliphatic rings. The van der Waals surface area contributed by atoms with Crippen molar-refractivity contribution in [2.45, 2.75) is 43.3 Å². The lowest BCUT2D eigenvalue weighted by atomic mass is 10.1. The van der Waals surface area contributed by atoms with Crippen LogP contribution in [0, 0.1) is 0 Å². The fourth-order valence-electron chi connectivity index (χ4n) is 1.84. The van der Waals surface area contributed by atoms with Crippen LogP contribution in [0.1, 0.15) is 26.2 Å². The number of nitrogens with one attached hydrogen (secondary N) is 1. The SMILES string of the molecule is CCNC(CCCC(F)(F)F)CSc1cccc(Cl)c1. The Kier molecular flexibility index (Phi) is 7.77. The van der Waals surface area contributed by atoms with E-state index in [0.29, 0.717) is 11.4 Å². The van der Waals surface area contributed by atoms with Gasteiger partial charge in [0.15, 0.2) is 0 Å². The highest BCUT2D eigenvalue weighted by Crippen LogP contribution is 2.25. The van der Waals surface area contributed by atoms with Crippen LogP contribution < -0.4 is 5.32 Å². The van der Waals surface area contributed by atoms with Crippen molar-refractivity contribution in [1.82, 2.24) is 5.32 Å². The van der Waals surface area contributed by atoms with E-state index < -0.39 is 12.6 Å². The molecule has 6 heteroatoms. The zero-order valence-corrected chi connectivity index (χ0v) is 12.9. The topological polar surface area (TPSA) is 12.0 Å². The van der Waals surface area contributed by atoms with Gasteiger partial charge in [0.2, 0.25) is 0 Å². The third-order valence-electron chi connectivity index (χ3n) is 2.75. The summed E-state index contributed by atoms with van der Waals surface area (Å²) in [6.07, 6.45) is -4.08. The maximum Gasteiger partial charge on any atom is 0.389 e. The van der Waals surface area contributed by atoms with Gasteiger partial charge in [0.1, 0.15) is 0 Å². The van der Waals surface area contributed by atoms with E-state index in [-0.39, 0.29) is 12.5 Å². The molecule has 0 aliphatic carbocycles. The minimum absolute atomic E-state index is 0.0892. The molecule has 0 aromatic heterocycles. The second-order valence-corrected chi connectivity index (χ2v) is 6.06. The average Bonchev–Trinajstić information content (AvgIpc) is 2.34. The molecule has 0 spiro atoms. The van der Waals surface area contributed by atoms with Crippen molar-refractivity contribution in [1.29, 1.82) is 0 Å². The van der Waals surface area contributed by atoms with E-state index in [0.717, 1.165) is 17.2 Å². The van der Waals surface area contributed by atoms with Crippen LogP contribution in [-0.2, 0) is 0 Å². The normalized spacial score (nSPS) is 13.4.